The lowest BCUT2D eigenvalue weighted by Gasteiger charge is -2.38. The van der Waals surface area contributed by atoms with E-state index in [-0.39, 0.29) is 24.3 Å². The van der Waals surface area contributed by atoms with Gasteiger partial charge >= 0.3 is 0 Å². The molecule has 0 N–H and O–H groups in total. The molecule has 0 bridgehead atoms. The van der Waals surface area contributed by atoms with Gasteiger partial charge in [-0.1, -0.05) is 36.4 Å². The van der Waals surface area contributed by atoms with Crippen LogP contribution in [-0.2, 0) is 9.53 Å². The number of nitrogens with zero attached hydrogens (tertiary/aromatic N) is 4. The number of hydrogen-bond donors (Lipinski definition) is 0. The number of carbonyl (C=O) groups excluding carboxylic acids is 1. The summed E-state index contributed by atoms with van der Waals surface area (Å²) in [6.07, 6.45) is 2.33. The van der Waals surface area contributed by atoms with Gasteiger partial charge in [-0.05, 0) is 36.4 Å². The highest BCUT2D eigenvalue weighted by molar-refractivity contribution is 6.31. The molecule has 40 heavy (non-hydrogen) atoms. The summed E-state index contributed by atoms with van der Waals surface area (Å²) in [6, 6.07) is 14.8. The lowest BCUT2D eigenvalue weighted by Crippen LogP contribution is -2.55. The third-order valence-corrected chi connectivity index (χ3v) is 6.68. The second-order valence-corrected chi connectivity index (χ2v) is 9.29. The summed E-state index contributed by atoms with van der Waals surface area (Å²) < 4.78 is 46.8. The molecule has 1 aromatic heterocycles. The molecular formula is C29H25ClF2N4O4. The Kier molecular flexibility index (Phi) is 8.09. The van der Waals surface area contributed by atoms with Gasteiger partial charge in [0.25, 0.3) is 0 Å². The smallest absolute Gasteiger partial charge is 0.246 e. The molecular weight excluding hydrogens is 542 g/mol. The molecule has 1 amide bonds. The van der Waals surface area contributed by atoms with E-state index in [4.69, 9.17) is 25.8 Å². The highest BCUT2D eigenvalue weighted by Crippen LogP contribution is 2.43. The lowest BCUT2D eigenvalue weighted by molar-refractivity contribution is -0.134. The molecule has 206 valence electrons. The van der Waals surface area contributed by atoms with E-state index in [0.29, 0.717) is 53.6 Å². The molecule has 0 spiro atoms. The van der Waals surface area contributed by atoms with Crippen LogP contribution >= 0.6 is 11.6 Å². The number of anilines is 3. The number of rotatable bonds is 10. The van der Waals surface area contributed by atoms with E-state index in [9.17, 15) is 9.18 Å². The van der Waals surface area contributed by atoms with Gasteiger partial charge in [0.1, 0.15) is 35.7 Å². The number of para-hydroxylation sites is 1. The van der Waals surface area contributed by atoms with Crippen LogP contribution in [0.3, 0.4) is 0 Å². The minimum Gasteiger partial charge on any atom is -0.487 e. The predicted molar refractivity (Wildman–Crippen MR) is 148 cm³/mol. The molecule has 3 aromatic carbocycles. The Labute approximate surface area is 234 Å². The molecule has 0 atom stereocenters. The van der Waals surface area contributed by atoms with E-state index in [1.807, 2.05) is 6.07 Å². The van der Waals surface area contributed by atoms with Gasteiger partial charge < -0.3 is 19.1 Å². The fourth-order valence-electron chi connectivity index (χ4n) is 4.31. The fraction of sp³-hybridized carbons (Fsp3) is 0.207. The normalized spacial score (nSPS) is 13.2. The Hall–Kier alpha value is -4.28. The Morgan fingerprint density at radius 3 is 2.62 bits per heavy atom. The molecule has 1 aliphatic heterocycles. The summed E-state index contributed by atoms with van der Waals surface area (Å²) in [6.45, 7) is 4.90. The number of hydrogen-bond acceptors (Lipinski definition) is 7. The van der Waals surface area contributed by atoms with E-state index in [1.54, 1.807) is 48.4 Å². The third-order valence-electron chi connectivity index (χ3n) is 6.33. The molecule has 1 fully saturated rings. The zero-order chi connectivity index (χ0) is 28.2. The highest BCUT2D eigenvalue weighted by Gasteiger charge is 2.32. The topological polar surface area (TPSA) is 77.0 Å². The van der Waals surface area contributed by atoms with Gasteiger partial charge in [-0.3, -0.25) is 9.69 Å². The molecule has 0 unspecified atom stereocenters. The van der Waals surface area contributed by atoms with E-state index < -0.39 is 16.7 Å². The first-order chi connectivity index (χ1) is 19.4. The molecule has 0 radical (unpaired) electrons. The average molecular weight is 567 g/mol. The summed E-state index contributed by atoms with van der Waals surface area (Å²) >= 11 is 5.96. The van der Waals surface area contributed by atoms with Crippen LogP contribution in [0.15, 0.2) is 73.6 Å². The van der Waals surface area contributed by atoms with E-state index in [1.165, 1.54) is 23.4 Å². The molecule has 2 heterocycles. The van der Waals surface area contributed by atoms with Crippen molar-refractivity contribution in [3.63, 3.8) is 0 Å². The van der Waals surface area contributed by atoms with Gasteiger partial charge in [-0.25, -0.2) is 18.7 Å². The van der Waals surface area contributed by atoms with E-state index in [2.05, 4.69) is 16.5 Å². The first-order valence-electron chi connectivity index (χ1n) is 12.4. The standard InChI is InChI=1S/C29H25ClF2N4O4/c1-3-26(37)35-15-19(16-35)40-25-13-20-22(14-24(25)39-12-11-38-2)33-17-34-29(20)36(18-7-5-4-6-8-18)23-10-9-21(31)27(30)28(23)32/h3-10,13-14,17,19H,1,11-12,15-16H2,2H3. The molecule has 5 rings (SSSR count). The summed E-state index contributed by atoms with van der Waals surface area (Å²) in [5.74, 6) is -0.866. The Balaban J connectivity index is 1.62. The maximum atomic E-state index is 15.4. The summed E-state index contributed by atoms with van der Waals surface area (Å²) in [7, 11) is 1.57. The number of halogens is 3. The van der Waals surface area contributed by atoms with Gasteiger partial charge in [0.05, 0.1) is 30.9 Å². The highest BCUT2D eigenvalue weighted by atomic mass is 35.5. The molecule has 1 saturated heterocycles. The van der Waals surface area contributed by atoms with Crippen LogP contribution in [0.5, 0.6) is 11.5 Å². The molecule has 0 saturated carbocycles. The van der Waals surface area contributed by atoms with Crippen LogP contribution in [-0.4, -0.2) is 60.3 Å². The van der Waals surface area contributed by atoms with Crippen molar-refractivity contribution in [2.45, 2.75) is 6.10 Å². The third kappa shape index (κ3) is 5.41. The number of carbonyl (C=O) groups is 1. The Bertz CT molecular complexity index is 1550. The van der Waals surface area contributed by atoms with Gasteiger partial charge in [0.2, 0.25) is 5.91 Å². The number of likely N-dealkylation sites (tertiary alicyclic amines) is 1. The van der Waals surface area contributed by atoms with Gasteiger partial charge in [-0.2, -0.15) is 0 Å². The van der Waals surface area contributed by atoms with Crippen molar-refractivity contribution in [2.24, 2.45) is 0 Å². The van der Waals surface area contributed by atoms with Crippen LogP contribution < -0.4 is 14.4 Å². The summed E-state index contributed by atoms with van der Waals surface area (Å²) in [4.78, 5) is 23.9. The number of methoxy groups -OCH3 is 1. The van der Waals surface area contributed by atoms with Crippen molar-refractivity contribution in [3.8, 4) is 11.5 Å². The Morgan fingerprint density at radius 2 is 1.90 bits per heavy atom. The molecule has 1 aliphatic rings. The number of amides is 1. The quantitative estimate of drug-likeness (QED) is 0.136. The number of benzene rings is 3. The van der Waals surface area contributed by atoms with Crippen molar-refractivity contribution < 1.29 is 27.8 Å². The van der Waals surface area contributed by atoms with Crippen LogP contribution in [0.4, 0.5) is 26.0 Å². The van der Waals surface area contributed by atoms with Crippen LogP contribution in [0.1, 0.15) is 0 Å². The first-order valence-corrected chi connectivity index (χ1v) is 12.8. The van der Waals surface area contributed by atoms with Gasteiger partial charge in [0.15, 0.2) is 17.3 Å². The maximum absolute atomic E-state index is 15.4. The molecule has 4 aromatic rings. The van der Waals surface area contributed by atoms with Crippen LogP contribution in [0, 0.1) is 11.6 Å². The number of ether oxygens (including phenoxy) is 3. The zero-order valence-corrected chi connectivity index (χ0v) is 22.3. The fourth-order valence-corrected chi connectivity index (χ4v) is 4.47. The summed E-state index contributed by atoms with van der Waals surface area (Å²) in [5, 5.41) is -0.114. The van der Waals surface area contributed by atoms with Crippen molar-refractivity contribution in [1.82, 2.24) is 14.9 Å². The largest absolute Gasteiger partial charge is 0.487 e. The van der Waals surface area contributed by atoms with Crippen molar-refractivity contribution >= 4 is 45.6 Å². The van der Waals surface area contributed by atoms with Crippen molar-refractivity contribution in [1.29, 1.82) is 0 Å². The molecule has 11 heteroatoms. The second-order valence-electron chi connectivity index (χ2n) is 8.91. The summed E-state index contributed by atoms with van der Waals surface area (Å²) in [5.41, 5.74) is 1.05. The number of aromatic nitrogens is 2. The number of fused-ring (bicyclic) bond motifs is 1. The zero-order valence-electron chi connectivity index (χ0n) is 21.5. The van der Waals surface area contributed by atoms with Crippen molar-refractivity contribution in [2.75, 3.05) is 38.3 Å². The lowest BCUT2D eigenvalue weighted by atomic mass is 10.1. The SMILES string of the molecule is C=CC(=O)N1CC(Oc2cc3c(N(c4ccccc4)c4ccc(F)c(Cl)c4F)ncnc3cc2OCCOC)C1. The first kappa shape index (κ1) is 27.3. The second kappa shape index (κ2) is 11.8. The monoisotopic (exact) mass is 566 g/mol. The van der Waals surface area contributed by atoms with Crippen LogP contribution in [0.2, 0.25) is 5.02 Å². The Morgan fingerprint density at radius 1 is 1.12 bits per heavy atom. The van der Waals surface area contributed by atoms with Gasteiger partial charge in [-0.15, -0.1) is 0 Å². The van der Waals surface area contributed by atoms with Gasteiger partial charge in [0, 0.05) is 24.2 Å². The van der Waals surface area contributed by atoms with Crippen LogP contribution in [0.25, 0.3) is 10.9 Å². The van der Waals surface area contributed by atoms with Crippen molar-refractivity contribution in [3.05, 3.63) is 90.2 Å². The predicted octanol–water partition coefficient (Wildman–Crippen LogP) is 5.83. The average Bonchev–Trinajstić information content (AvgIpc) is 2.95. The maximum Gasteiger partial charge on any atom is 0.246 e. The van der Waals surface area contributed by atoms with E-state index in [0.717, 1.165) is 6.07 Å². The molecule has 0 aliphatic carbocycles. The molecule has 8 nitrogen and oxygen atoms in total. The minimum absolute atomic E-state index is 0.00179. The minimum atomic E-state index is -0.935. The van der Waals surface area contributed by atoms with E-state index >= 15 is 4.39 Å².